The molecule has 122 valence electrons. The Morgan fingerprint density at radius 2 is 1.64 bits per heavy atom. The van der Waals surface area contributed by atoms with Crippen LogP contribution in [-0.2, 0) is 0 Å². The smallest absolute Gasteiger partial charge is 0.321 e. The van der Waals surface area contributed by atoms with Crippen LogP contribution < -0.4 is 19.5 Å². The fourth-order valence-electron chi connectivity index (χ4n) is 2.57. The number of hydrogen-bond donors (Lipinski definition) is 1. The molecule has 0 saturated carbocycles. The van der Waals surface area contributed by atoms with E-state index in [0.717, 1.165) is 25.9 Å². The summed E-state index contributed by atoms with van der Waals surface area (Å²) in [6, 6.07) is 3.36. The zero-order chi connectivity index (χ0) is 16.1. The van der Waals surface area contributed by atoms with Gasteiger partial charge in [0.05, 0.1) is 27.0 Å². The summed E-state index contributed by atoms with van der Waals surface area (Å²) >= 11 is 0. The highest BCUT2D eigenvalue weighted by atomic mass is 16.5. The Bertz CT molecular complexity index is 500. The molecule has 0 aliphatic carbocycles. The number of hydrogen-bond acceptors (Lipinski definition) is 4. The Kier molecular flexibility index (Phi) is 5.35. The Labute approximate surface area is 131 Å². The van der Waals surface area contributed by atoms with Crippen LogP contribution >= 0.6 is 0 Å². The molecule has 1 saturated heterocycles. The van der Waals surface area contributed by atoms with Crippen molar-refractivity contribution in [3.63, 3.8) is 0 Å². The maximum absolute atomic E-state index is 12.3. The number of carbonyl (C=O) groups is 1. The van der Waals surface area contributed by atoms with Crippen molar-refractivity contribution in [3.05, 3.63) is 12.1 Å². The lowest BCUT2D eigenvalue weighted by Crippen LogP contribution is -2.40. The van der Waals surface area contributed by atoms with Crippen LogP contribution in [0.15, 0.2) is 12.1 Å². The molecule has 1 aliphatic rings. The van der Waals surface area contributed by atoms with Crippen LogP contribution in [0, 0.1) is 5.92 Å². The average molecular weight is 308 g/mol. The number of nitrogens with one attached hydrogen (secondary N) is 1. The number of likely N-dealkylation sites (tertiary alicyclic amines) is 1. The van der Waals surface area contributed by atoms with E-state index in [1.807, 2.05) is 4.90 Å². The summed E-state index contributed by atoms with van der Waals surface area (Å²) < 4.78 is 15.9. The lowest BCUT2D eigenvalue weighted by molar-refractivity contribution is 0.186. The van der Waals surface area contributed by atoms with Crippen molar-refractivity contribution in [2.45, 2.75) is 19.8 Å². The van der Waals surface area contributed by atoms with Gasteiger partial charge in [0, 0.05) is 25.2 Å². The number of carbonyl (C=O) groups excluding carboxylic acids is 1. The molecule has 0 bridgehead atoms. The lowest BCUT2D eigenvalue weighted by atomic mass is 10.00. The average Bonchev–Trinajstić information content (AvgIpc) is 2.54. The maximum atomic E-state index is 12.3. The molecule has 0 unspecified atom stereocenters. The molecule has 6 heteroatoms. The molecule has 0 spiro atoms. The van der Waals surface area contributed by atoms with Crippen LogP contribution in [0.2, 0.25) is 0 Å². The van der Waals surface area contributed by atoms with Crippen LogP contribution in [0.5, 0.6) is 17.2 Å². The van der Waals surface area contributed by atoms with E-state index in [1.54, 1.807) is 33.5 Å². The van der Waals surface area contributed by atoms with E-state index in [2.05, 4.69) is 12.2 Å². The number of benzene rings is 1. The monoisotopic (exact) mass is 308 g/mol. The van der Waals surface area contributed by atoms with E-state index in [-0.39, 0.29) is 6.03 Å². The third-order valence-electron chi connectivity index (χ3n) is 3.99. The Hall–Kier alpha value is -2.11. The van der Waals surface area contributed by atoms with E-state index in [1.165, 1.54) is 0 Å². The second-order valence-corrected chi connectivity index (χ2v) is 5.51. The first kappa shape index (κ1) is 16.3. The summed E-state index contributed by atoms with van der Waals surface area (Å²) in [5.74, 6) is 2.23. The number of ether oxygens (including phenoxy) is 3. The second kappa shape index (κ2) is 7.24. The van der Waals surface area contributed by atoms with Gasteiger partial charge in [-0.1, -0.05) is 6.92 Å². The summed E-state index contributed by atoms with van der Waals surface area (Å²) in [7, 11) is 4.65. The number of rotatable bonds is 4. The molecular formula is C16H24N2O4. The molecule has 2 rings (SSSR count). The molecule has 0 aromatic heterocycles. The minimum Gasteiger partial charge on any atom is -0.493 e. The summed E-state index contributed by atoms with van der Waals surface area (Å²) in [6.45, 7) is 3.79. The van der Waals surface area contributed by atoms with Crippen molar-refractivity contribution in [2.75, 3.05) is 39.7 Å². The zero-order valence-corrected chi connectivity index (χ0v) is 13.6. The minimum atomic E-state index is -0.0961. The third-order valence-corrected chi connectivity index (χ3v) is 3.99. The first-order chi connectivity index (χ1) is 10.6. The highest BCUT2D eigenvalue weighted by molar-refractivity contribution is 5.90. The fraction of sp³-hybridized carbons (Fsp3) is 0.562. The molecule has 1 N–H and O–H groups in total. The molecule has 1 heterocycles. The molecule has 0 atom stereocenters. The van der Waals surface area contributed by atoms with Gasteiger partial charge in [0.2, 0.25) is 5.75 Å². The van der Waals surface area contributed by atoms with Gasteiger partial charge in [0.15, 0.2) is 11.5 Å². The standard InChI is InChI=1S/C16H24N2O4/c1-11-5-7-18(8-6-11)16(19)17-12-9-13(20-2)15(22-4)14(10-12)21-3/h9-11H,5-8H2,1-4H3,(H,17,19). The zero-order valence-electron chi connectivity index (χ0n) is 13.6. The molecular weight excluding hydrogens is 284 g/mol. The van der Waals surface area contributed by atoms with Crippen molar-refractivity contribution in [1.29, 1.82) is 0 Å². The molecule has 2 amide bonds. The number of anilines is 1. The van der Waals surface area contributed by atoms with Crippen LogP contribution in [0.1, 0.15) is 19.8 Å². The Morgan fingerprint density at radius 1 is 1.09 bits per heavy atom. The molecule has 1 fully saturated rings. The Balaban J connectivity index is 2.13. The van der Waals surface area contributed by atoms with Gasteiger partial charge >= 0.3 is 6.03 Å². The van der Waals surface area contributed by atoms with Gasteiger partial charge in [-0.05, 0) is 18.8 Å². The molecule has 1 aromatic carbocycles. The van der Waals surface area contributed by atoms with E-state index in [0.29, 0.717) is 28.9 Å². The van der Waals surface area contributed by atoms with Gasteiger partial charge in [0.1, 0.15) is 0 Å². The van der Waals surface area contributed by atoms with E-state index >= 15 is 0 Å². The number of urea groups is 1. The predicted octanol–water partition coefficient (Wildman–Crippen LogP) is 2.98. The van der Waals surface area contributed by atoms with Crippen molar-refractivity contribution in [3.8, 4) is 17.2 Å². The Morgan fingerprint density at radius 3 is 2.09 bits per heavy atom. The van der Waals surface area contributed by atoms with Crippen molar-refractivity contribution in [2.24, 2.45) is 5.92 Å². The van der Waals surface area contributed by atoms with Crippen LogP contribution in [-0.4, -0.2) is 45.3 Å². The quantitative estimate of drug-likeness (QED) is 0.929. The van der Waals surface area contributed by atoms with Crippen LogP contribution in [0.3, 0.4) is 0 Å². The highest BCUT2D eigenvalue weighted by Crippen LogP contribution is 2.40. The minimum absolute atomic E-state index is 0.0961. The van der Waals surface area contributed by atoms with E-state index in [9.17, 15) is 4.79 Å². The SMILES string of the molecule is COc1cc(NC(=O)N2CCC(C)CC2)cc(OC)c1OC. The van der Waals surface area contributed by atoms with Crippen molar-refractivity contribution >= 4 is 11.7 Å². The number of piperidine rings is 1. The first-order valence-electron chi connectivity index (χ1n) is 7.45. The van der Waals surface area contributed by atoms with E-state index < -0.39 is 0 Å². The molecule has 0 radical (unpaired) electrons. The van der Waals surface area contributed by atoms with Gasteiger partial charge in [-0.25, -0.2) is 4.79 Å². The fourth-order valence-corrected chi connectivity index (χ4v) is 2.57. The predicted molar refractivity (Wildman–Crippen MR) is 85.1 cm³/mol. The molecule has 22 heavy (non-hydrogen) atoms. The molecule has 1 aromatic rings. The normalized spacial score (nSPS) is 15.4. The largest absolute Gasteiger partial charge is 0.493 e. The van der Waals surface area contributed by atoms with Crippen LogP contribution in [0.25, 0.3) is 0 Å². The third kappa shape index (κ3) is 3.55. The molecule has 1 aliphatic heterocycles. The molecule has 6 nitrogen and oxygen atoms in total. The van der Waals surface area contributed by atoms with Gasteiger partial charge in [0.25, 0.3) is 0 Å². The summed E-state index contributed by atoms with van der Waals surface area (Å²) in [4.78, 5) is 14.2. The highest BCUT2D eigenvalue weighted by Gasteiger charge is 2.21. The summed E-state index contributed by atoms with van der Waals surface area (Å²) in [5.41, 5.74) is 0.623. The van der Waals surface area contributed by atoms with Gasteiger partial charge < -0.3 is 24.4 Å². The number of amides is 2. The van der Waals surface area contributed by atoms with E-state index in [4.69, 9.17) is 14.2 Å². The second-order valence-electron chi connectivity index (χ2n) is 5.51. The van der Waals surface area contributed by atoms with Crippen molar-refractivity contribution in [1.82, 2.24) is 4.90 Å². The van der Waals surface area contributed by atoms with Crippen LogP contribution in [0.4, 0.5) is 10.5 Å². The van der Waals surface area contributed by atoms with Crippen molar-refractivity contribution < 1.29 is 19.0 Å². The first-order valence-corrected chi connectivity index (χ1v) is 7.45. The number of methoxy groups -OCH3 is 3. The maximum Gasteiger partial charge on any atom is 0.321 e. The number of nitrogens with zero attached hydrogens (tertiary/aromatic N) is 1. The summed E-state index contributed by atoms with van der Waals surface area (Å²) in [5, 5.41) is 2.90. The summed E-state index contributed by atoms with van der Waals surface area (Å²) in [6.07, 6.45) is 2.09. The van der Waals surface area contributed by atoms with Gasteiger partial charge in [-0.3, -0.25) is 0 Å². The van der Waals surface area contributed by atoms with Gasteiger partial charge in [-0.2, -0.15) is 0 Å². The lowest BCUT2D eigenvalue weighted by Gasteiger charge is -2.30. The topological polar surface area (TPSA) is 60.0 Å². The van der Waals surface area contributed by atoms with Gasteiger partial charge in [-0.15, -0.1) is 0 Å².